The molecule has 5 heteroatoms. The zero-order chi connectivity index (χ0) is 13.1. The van der Waals surface area contributed by atoms with Crippen molar-refractivity contribution in [2.24, 2.45) is 0 Å². The molecule has 0 aromatic heterocycles. The van der Waals surface area contributed by atoms with Crippen LogP contribution in [0.25, 0.3) is 0 Å². The molecule has 18 heavy (non-hydrogen) atoms. The van der Waals surface area contributed by atoms with E-state index in [0.717, 1.165) is 5.56 Å². The third kappa shape index (κ3) is 2.91. The smallest absolute Gasteiger partial charge is 0.152 e. The second-order valence-electron chi connectivity index (χ2n) is 4.36. The maximum Gasteiger partial charge on any atom is 0.152 e. The first-order chi connectivity index (χ1) is 8.58. The average molecular weight is 269 g/mol. The molecule has 2 rings (SSSR count). The number of hydrogen-bond donors (Lipinski definition) is 0. The van der Waals surface area contributed by atoms with Crippen molar-refractivity contribution >= 4 is 9.84 Å². The van der Waals surface area contributed by atoms with Gasteiger partial charge in [0.15, 0.2) is 9.84 Å². The monoisotopic (exact) mass is 269 g/mol. The van der Waals surface area contributed by atoms with E-state index in [0.29, 0.717) is 13.2 Å². The summed E-state index contributed by atoms with van der Waals surface area (Å²) in [7, 11) is -2.98. The van der Waals surface area contributed by atoms with E-state index in [2.05, 4.69) is 6.07 Å². The molecule has 4 nitrogen and oxygen atoms in total. The molecule has 1 aliphatic rings. The van der Waals surface area contributed by atoms with Gasteiger partial charge in [-0.1, -0.05) is 31.2 Å². The second kappa shape index (κ2) is 5.38. The number of ether oxygens (including phenoxy) is 2. The first-order valence-corrected chi connectivity index (χ1v) is 7.79. The summed E-state index contributed by atoms with van der Waals surface area (Å²) in [4.78, 5) is 0. The minimum absolute atomic E-state index is 0.0597. The zero-order valence-corrected chi connectivity index (χ0v) is 11.2. The molecule has 0 N–H and O–H groups in total. The Morgan fingerprint density at radius 1 is 1.39 bits per heavy atom. The normalized spacial score (nSPS) is 18.3. The van der Waals surface area contributed by atoms with Crippen LogP contribution < -0.4 is 0 Å². The van der Waals surface area contributed by atoms with Gasteiger partial charge < -0.3 is 9.47 Å². The van der Waals surface area contributed by atoms with Gasteiger partial charge in [-0.05, 0) is 11.6 Å². The van der Waals surface area contributed by atoms with Crippen molar-refractivity contribution in [1.82, 2.24) is 0 Å². The van der Waals surface area contributed by atoms with E-state index < -0.39 is 15.4 Å². The van der Waals surface area contributed by atoms with E-state index in [-0.39, 0.29) is 18.1 Å². The van der Waals surface area contributed by atoms with Gasteiger partial charge in [0.25, 0.3) is 0 Å². The minimum atomic E-state index is -2.98. The Kier molecular flexibility index (Phi) is 4.04. The number of benzene rings is 1. The van der Waals surface area contributed by atoms with E-state index >= 15 is 0 Å². The van der Waals surface area contributed by atoms with Crippen molar-refractivity contribution in [3.63, 3.8) is 0 Å². The van der Waals surface area contributed by atoms with Gasteiger partial charge in [0, 0.05) is 5.75 Å². The van der Waals surface area contributed by atoms with Gasteiger partial charge in [-0.3, -0.25) is 0 Å². The Hall–Kier alpha value is -0.910. The number of rotatable bonds is 6. The standard InChI is InChI=1S/C13H17O4S/c1-2-18(14,15)9-8-17-13(10-16-11-13)12-6-4-3-5-7-12/h4-7H,2,8-11H2,1H3. The molecule has 1 aromatic carbocycles. The highest BCUT2D eigenvalue weighted by atomic mass is 32.2. The van der Waals surface area contributed by atoms with Crippen molar-refractivity contribution in [2.75, 3.05) is 31.3 Å². The molecule has 1 saturated heterocycles. The molecule has 0 spiro atoms. The van der Waals surface area contributed by atoms with Gasteiger partial charge in [0.2, 0.25) is 0 Å². The molecule has 1 aliphatic heterocycles. The van der Waals surface area contributed by atoms with E-state index in [1.165, 1.54) is 0 Å². The molecule has 0 aliphatic carbocycles. The quantitative estimate of drug-likeness (QED) is 0.778. The number of hydrogen-bond acceptors (Lipinski definition) is 4. The van der Waals surface area contributed by atoms with Crippen LogP contribution in [-0.2, 0) is 24.9 Å². The molecule has 0 bridgehead atoms. The fourth-order valence-corrected chi connectivity index (χ4v) is 2.45. The summed E-state index contributed by atoms with van der Waals surface area (Å²) in [6.07, 6.45) is 0. The lowest BCUT2D eigenvalue weighted by molar-refractivity contribution is -0.214. The molecular formula is C13H17O4S. The van der Waals surface area contributed by atoms with Crippen molar-refractivity contribution in [1.29, 1.82) is 0 Å². The lowest BCUT2D eigenvalue weighted by Gasteiger charge is -2.41. The molecule has 1 fully saturated rings. The van der Waals surface area contributed by atoms with E-state index in [1.807, 2.05) is 24.3 Å². The zero-order valence-electron chi connectivity index (χ0n) is 10.4. The van der Waals surface area contributed by atoms with Crippen LogP contribution in [0.2, 0.25) is 0 Å². The Morgan fingerprint density at radius 3 is 2.56 bits per heavy atom. The SMILES string of the molecule is CCS(=O)(=O)CCOC1(c2cc[c]cc2)COC1. The van der Waals surface area contributed by atoms with Crippen molar-refractivity contribution < 1.29 is 17.9 Å². The van der Waals surface area contributed by atoms with E-state index in [9.17, 15) is 8.42 Å². The Labute approximate surface area is 108 Å². The summed E-state index contributed by atoms with van der Waals surface area (Å²) in [5, 5.41) is 0. The van der Waals surface area contributed by atoms with E-state index in [4.69, 9.17) is 9.47 Å². The van der Waals surface area contributed by atoms with Gasteiger partial charge in [-0.25, -0.2) is 8.42 Å². The topological polar surface area (TPSA) is 52.6 Å². The molecule has 0 amide bonds. The highest BCUT2D eigenvalue weighted by Crippen LogP contribution is 2.33. The molecule has 0 atom stereocenters. The second-order valence-corrected chi connectivity index (χ2v) is 6.83. The molecule has 1 radical (unpaired) electrons. The molecule has 0 saturated carbocycles. The van der Waals surface area contributed by atoms with Crippen LogP contribution >= 0.6 is 0 Å². The first kappa shape index (κ1) is 13.5. The van der Waals surface area contributed by atoms with Gasteiger partial charge in [-0.2, -0.15) is 0 Å². The molecular weight excluding hydrogens is 252 g/mol. The van der Waals surface area contributed by atoms with Crippen molar-refractivity contribution in [2.45, 2.75) is 12.5 Å². The fraction of sp³-hybridized carbons (Fsp3) is 0.538. The molecule has 99 valence electrons. The largest absolute Gasteiger partial charge is 0.375 e. The molecule has 0 unspecified atom stereocenters. The van der Waals surface area contributed by atoms with E-state index in [1.54, 1.807) is 6.92 Å². The van der Waals surface area contributed by atoms with Crippen LogP contribution in [0.5, 0.6) is 0 Å². The third-order valence-corrected chi connectivity index (χ3v) is 4.80. The third-order valence-electron chi connectivity index (χ3n) is 3.13. The lowest BCUT2D eigenvalue weighted by Crippen LogP contribution is -2.49. The maximum atomic E-state index is 11.4. The molecule has 1 heterocycles. The van der Waals surface area contributed by atoms with Gasteiger partial charge in [-0.15, -0.1) is 0 Å². The summed E-state index contributed by atoms with van der Waals surface area (Å²) >= 11 is 0. The summed E-state index contributed by atoms with van der Waals surface area (Å²) in [5.41, 5.74) is 0.541. The van der Waals surface area contributed by atoms with Crippen molar-refractivity contribution in [3.05, 3.63) is 35.9 Å². The highest BCUT2D eigenvalue weighted by Gasteiger charge is 2.41. The van der Waals surface area contributed by atoms with Crippen LogP contribution in [-0.4, -0.2) is 39.7 Å². The maximum absolute atomic E-state index is 11.4. The van der Waals surface area contributed by atoms with Crippen LogP contribution in [0, 0.1) is 6.07 Å². The van der Waals surface area contributed by atoms with Crippen LogP contribution in [0.15, 0.2) is 24.3 Å². The van der Waals surface area contributed by atoms with Crippen LogP contribution in [0.4, 0.5) is 0 Å². The van der Waals surface area contributed by atoms with Gasteiger partial charge in [0.1, 0.15) is 5.60 Å². The highest BCUT2D eigenvalue weighted by molar-refractivity contribution is 7.91. The summed E-state index contributed by atoms with van der Waals surface area (Å²) in [6, 6.07) is 10.4. The Bertz CT molecular complexity index is 477. The van der Waals surface area contributed by atoms with Crippen LogP contribution in [0.3, 0.4) is 0 Å². The predicted molar refractivity (Wildman–Crippen MR) is 68.1 cm³/mol. The summed E-state index contributed by atoms with van der Waals surface area (Å²) in [6.45, 7) is 2.80. The Balaban J connectivity index is 1.98. The fourth-order valence-electron chi connectivity index (χ4n) is 1.82. The van der Waals surface area contributed by atoms with Crippen molar-refractivity contribution in [3.8, 4) is 0 Å². The summed E-state index contributed by atoms with van der Waals surface area (Å²) in [5.74, 6) is 0.213. The van der Waals surface area contributed by atoms with Crippen LogP contribution in [0.1, 0.15) is 12.5 Å². The lowest BCUT2D eigenvalue weighted by atomic mass is 9.92. The minimum Gasteiger partial charge on any atom is -0.375 e. The first-order valence-electron chi connectivity index (χ1n) is 5.97. The van der Waals surface area contributed by atoms with Gasteiger partial charge >= 0.3 is 0 Å². The average Bonchev–Trinajstić information content (AvgIpc) is 2.34. The predicted octanol–water partition coefficient (Wildman–Crippen LogP) is 1.16. The molecule has 1 aromatic rings. The Morgan fingerprint density at radius 2 is 2.06 bits per heavy atom. The summed E-state index contributed by atoms with van der Waals surface area (Å²) < 4.78 is 33.8. The van der Waals surface area contributed by atoms with Gasteiger partial charge in [0.05, 0.1) is 25.6 Å². The number of sulfone groups is 1.